The zero-order valence-corrected chi connectivity index (χ0v) is 13.9. The van der Waals surface area contributed by atoms with Crippen LogP contribution in [-0.2, 0) is 10.0 Å². The maximum absolute atomic E-state index is 12.5. The van der Waals surface area contributed by atoms with Crippen molar-refractivity contribution in [3.05, 3.63) is 29.8 Å². The molecule has 1 rings (SSSR count). The normalized spacial score (nSPS) is 15.3. The summed E-state index contributed by atoms with van der Waals surface area (Å²) in [5.74, 6) is 0.181. The van der Waals surface area contributed by atoms with Crippen LogP contribution >= 0.6 is 0 Å². The number of rotatable bonds is 7. The molecule has 1 aromatic carbocycles. The van der Waals surface area contributed by atoms with E-state index in [4.69, 9.17) is 0 Å². The zero-order valence-electron chi connectivity index (χ0n) is 13.1. The average Bonchev–Trinajstić information content (AvgIpc) is 2.40. The Kier molecular flexibility index (Phi) is 6.17. The van der Waals surface area contributed by atoms with Gasteiger partial charge in [0.05, 0.1) is 4.90 Å². The van der Waals surface area contributed by atoms with Gasteiger partial charge < -0.3 is 5.32 Å². The molecule has 0 aliphatic carbocycles. The lowest BCUT2D eigenvalue weighted by Crippen LogP contribution is -2.33. The van der Waals surface area contributed by atoms with Crippen LogP contribution in [0.1, 0.15) is 38.7 Å². The van der Waals surface area contributed by atoms with Crippen LogP contribution in [0.3, 0.4) is 0 Å². The SMILES string of the molecule is CCNC(C)C(CC)c1ccccc1S(=O)(=O)N(C)C. The van der Waals surface area contributed by atoms with Crippen LogP contribution < -0.4 is 5.32 Å². The molecule has 0 saturated carbocycles. The number of nitrogens with zero attached hydrogens (tertiary/aromatic N) is 1. The molecule has 1 N–H and O–H groups in total. The molecule has 20 heavy (non-hydrogen) atoms. The van der Waals surface area contributed by atoms with Crippen molar-refractivity contribution in [3.8, 4) is 0 Å². The van der Waals surface area contributed by atoms with Gasteiger partial charge >= 0.3 is 0 Å². The van der Waals surface area contributed by atoms with Crippen molar-refractivity contribution in [2.75, 3.05) is 20.6 Å². The molecule has 5 heteroatoms. The Morgan fingerprint density at radius 2 is 1.80 bits per heavy atom. The lowest BCUT2D eigenvalue weighted by Gasteiger charge is -2.26. The van der Waals surface area contributed by atoms with Crippen LogP contribution in [0.15, 0.2) is 29.2 Å². The van der Waals surface area contributed by atoms with Crippen LogP contribution in [-0.4, -0.2) is 39.4 Å². The van der Waals surface area contributed by atoms with Crippen molar-refractivity contribution in [1.29, 1.82) is 0 Å². The van der Waals surface area contributed by atoms with E-state index in [9.17, 15) is 8.42 Å². The summed E-state index contributed by atoms with van der Waals surface area (Å²) in [7, 11) is -0.265. The molecule has 0 heterocycles. The quantitative estimate of drug-likeness (QED) is 0.841. The molecule has 0 aliphatic heterocycles. The molecule has 0 amide bonds. The van der Waals surface area contributed by atoms with Gasteiger partial charge in [0.2, 0.25) is 10.0 Å². The van der Waals surface area contributed by atoms with Gasteiger partial charge in [-0.05, 0) is 31.5 Å². The molecular formula is C15H26N2O2S. The third kappa shape index (κ3) is 3.59. The molecule has 4 nitrogen and oxygen atoms in total. The molecule has 0 aliphatic rings. The molecule has 0 saturated heterocycles. The molecule has 2 atom stereocenters. The van der Waals surface area contributed by atoms with Gasteiger partial charge in [0.1, 0.15) is 0 Å². The van der Waals surface area contributed by atoms with Gasteiger partial charge in [0, 0.05) is 26.1 Å². The van der Waals surface area contributed by atoms with Gasteiger partial charge in [-0.15, -0.1) is 0 Å². The third-order valence-electron chi connectivity index (χ3n) is 3.65. The highest BCUT2D eigenvalue weighted by molar-refractivity contribution is 7.89. The third-order valence-corrected chi connectivity index (χ3v) is 5.54. The van der Waals surface area contributed by atoms with Gasteiger partial charge in [-0.3, -0.25) is 0 Å². The van der Waals surface area contributed by atoms with Crippen molar-refractivity contribution >= 4 is 10.0 Å². The summed E-state index contributed by atoms with van der Waals surface area (Å²) in [4.78, 5) is 0.418. The Hall–Kier alpha value is -0.910. The van der Waals surface area contributed by atoms with E-state index in [0.29, 0.717) is 4.90 Å². The minimum Gasteiger partial charge on any atom is -0.314 e. The Morgan fingerprint density at radius 1 is 1.20 bits per heavy atom. The minimum atomic E-state index is -3.41. The Bertz CT molecular complexity index is 526. The van der Waals surface area contributed by atoms with Crippen LogP contribution in [0.4, 0.5) is 0 Å². The highest BCUT2D eigenvalue weighted by Gasteiger charge is 2.26. The first kappa shape index (κ1) is 17.1. The van der Waals surface area contributed by atoms with E-state index in [1.54, 1.807) is 26.2 Å². The molecule has 0 bridgehead atoms. The Labute approximate surface area is 123 Å². The molecule has 0 radical (unpaired) electrons. The van der Waals surface area contributed by atoms with E-state index in [1.807, 2.05) is 12.1 Å². The molecule has 114 valence electrons. The van der Waals surface area contributed by atoms with E-state index in [0.717, 1.165) is 18.5 Å². The smallest absolute Gasteiger partial charge is 0.242 e. The summed E-state index contributed by atoms with van der Waals surface area (Å²) in [5, 5.41) is 3.39. The largest absolute Gasteiger partial charge is 0.314 e. The van der Waals surface area contributed by atoms with E-state index in [-0.39, 0.29) is 12.0 Å². The first-order valence-electron chi connectivity index (χ1n) is 7.11. The summed E-state index contributed by atoms with van der Waals surface area (Å²) in [5.41, 5.74) is 0.900. The number of hydrogen-bond donors (Lipinski definition) is 1. The number of hydrogen-bond acceptors (Lipinski definition) is 3. The highest BCUT2D eigenvalue weighted by Crippen LogP contribution is 2.30. The second-order valence-electron chi connectivity index (χ2n) is 5.19. The molecule has 0 aromatic heterocycles. The van der Waals surface area contributed by atoms with Gasteiger partial charge in [0.15, 0.2) is 0 Å². The summed E-state index contributed by atoms with van der Waals surface area (Å²) in [6.45, 7) is 7.14. The standard InChI is InChI=1S/C15H26N2O2S/c1-6-13(12(3)16-7-2)14-10-8-9-11-15(14)20(18,19)17(4)5/h8-13,16H,6-7H2,1-5H3. The number of benzene rings is 1. The van der Waals surface area contributed by atoms with Gasteiger partial charge in [0.25, 0.3) is 0 Å². The molecular weight excluding hydrogens is 272 g/mol. The molecule has 0 fully saturated rings. The van der Waals surface area contributed by atoms with E-state index in [1.165, 1.54) is 4.31 Å². The second kappa shape index (κ2) is 7.20. The zero-order chi connectivity index (χ0) is 15.3. The topological polar surface area (TPSA) is 49.4 Å². The summed E-state index contributed by atoms with van der Waals surface area (Å²) in [6.07, 6.45) is 0.897. The number of nitrogens with one attached hydrogen (secondary N) is 1. The first-order chi connectivity index (χ1) is 9.36. The van der Waals surface area contributed by atoms with Gasteiger partial charge in [-0.1, -0.05) is 32.0 Å². The molecule has 0 spiro atoms. The van der Waals surface area contributed by atoms with E-state index >= 15 is 0 Å². The first-order valence-corrected chi connectivity index (χ1v) is 8.55. The van der Waals surface area contributed by atoms with E-state index in [2.05, 4.69) is 26.1 Å². The number of likely N-dealkylation sites (N-methyl/N-ethyl adjacent to an activating group) is 1. The van der Waals surface area contributed by atoms with Crippen molar-refractivity contribution in [3.63, 3.8) is 0 Å². The van der Waals surface area contributed by atoms with Gasteiger partial charge in [-0.25, -0.2) is 12.7 Å². The summed E-state index contributed by atoms with van der Waals surface area (Å²) in [6, 6.07) is 7.56. The second-order valence-corrected chi connectivity index (χ2v) is 7.31. The fourth-order valence-electron chi connectivity index (χ4n) is 2.53. The lowest BCUT2D eigenvalue weighted by molar-refractivity contribution is 0.452. The van der Waals surface area contributed by atoms with Crippen LogP contribution in [0.2, 0.25) is 0 Å². The van der Waals surface area contributed by atoms with Crippen molar-refractivity contribution in [2.45, 2.75) is 44.0 Å². The van der Waals surface area contributed by atoms with E-state index < -0.39 is 10.0 Å². The monoisotopic (exact) mass is 298 g/mol. The summed E-state index contributed by atoms with van der Waals surface area (Å²) < 4.78 is 26.2. The fraction of sp³-hybridized carbons (Fsp3) is 0.600. The van der Waals surface area contributed by atoms with Crippen LogP contribution in [0.5, 0.6) is 0 Å². The van der Waals surface area contributed by atoms with Crippen LogP contribution in [0.25, 0.3) is 0 Å². The fourth-order valence-corrected chi connectivity index (χ4v) is 3.69. The predicted molar refractivity (Wildman–Crippen MR) is 83.5 cm³/mol. The van der Waals surface area contributed by atoms with Crippen molar-refractivity contribution in [1.82, 2.24) is 9.62 Å². The van der Waals surface area contributed by atoms with Crippen LogP contribution in [0, 0.1) is 0 Å². The molecule has 2 unspecified atom stereocenters. The van der Waals surface area contributed by atoms with Gasteiger partial charge in [-0.2, -0.15) is 0 Å². The predicted octanol–water partition coefficient (Wildman–Crippen LogP) is 2.43. The Morgan fingerprint density at radius 3 is 2.30 bits per heavy atom. The highest BCUT2D eigenvalue weighted by atomic mass is 32.2. The molecule has 1 aromatic rings. The van der Waals surface area contributed by atoms with Crippen molar-refractivity contribution < 1.29 is 8.42 Å². The maximum atomic E-state index is 12.5. The summed E-state index contributed by atoms with van der Waals surface area (Å²) >= 11 is 0. The minimum absolute atomic E-state index is 0.181. The Balaban J connectivity index is 3.31. The maximum Gasteiger partial charge on any atom is 0.242 e. The van der Waals surface area contributed by atoms with Crippen molar-refractivity contribution in [2.24, 2.45) is 0 Å². The lowest BCUT2D eigenvalue weighted by atomic mass is 9.90. The number of sulfonamides is 1. The average molecular weight is 298 g/mol.